The van der Waals surface area contributed by atoms with Crippen molar-refractivity contribution in [2.45, 2.75) is 32.1 Å². The van der Waals surface area contributed by atoms with E-state index in [9.17, 15) is 31.1 Å². The zero-order valence-electron chi connectivity index (χ0n) is 14.3. The fourth-order valence-corrected chi connectivity index (χ4v) is 2.94. The van der Waals surface area contributed by atoms with Crippen molar-refractivity contribution in [2.75, 3.05) is 32.7 Å². The average molecular weight is 382 g/mol. The number of hydrogen-bond donors (Lipinski definition) is 0. The second-order valence-corrected chi connectivity index (χ2v) is 6.31. The highest BCUT2D eigenvalue weighted by atomic mass is 19.4. The van der Waals surface area contributed by atoms with Gasteiger partial charge in [0.25, 0.3) is 0 Å². The summed E-state index contributed by atoms with van der Waals surface area (Å²) in [4.78, 5) is 15.9. The highest BCUT2D eigenvalue weighted by Gasteiger charge is 2.37. The number of hydrogen-bond acceptors (Lipinski definition) is 2. The van der Waals surface area contributed by atoms with Crippen LogP contribution in [0.4, 0.5) is 26.3 Å². The molecule has 1 amide bonds. The van der Waals surface area contributed by atoms with Gasteiger partial charge in [0.1, 0.15) is 0 Å². The van der Waals surface area contributed by atoms with E-state index in [1.54, 1.807) is 0 Å². The van der Waals surface area contributed by atoms with Gasteiger partial charge in [-0.2, -0.15) is 26.3 Å². The molecule has 1 aliphatic heterocycles. The predicted molar refractivity (Wildman–Crippen MR) is 83.5 cm³/mol. The van der Waals surface area contributed by atoms with Gasteiger partial charge in [-0.1, -0.05) is 6.92 Å². The molecule has 0 radical (unpaired) electrons. The summed E-state index contributed by atoms with van der Waals surface area (Å²) < 4.78 is 77.3. The lowest BCUT2D eigenvalue weighted by atomic mass is 10.0. The highest BCUT2D eigenvalue weighted by molar-refractivity contribution is 5.79. The number of amides is 1. The van der Waals surface area contributed by atoms with Crippen molar-refractivity contribution >= 4 is 5.91 Å². The molecule has 1 aromatic rings. The summed E-state index contributed by atoms with van der Waals surface area (Å²) in [5.74, 6) is -0.464. The third-order valence-electron chi connectivity index (χ3n) is 4.27. The number of halogens is 6. The van der Waals surface area contributed by atoms with Crippen LogP contribution >= 0.6 is 0 Å². The van der Waals surface area contributed by atoms with E-state index in [2.05, 4.69) is 4.90 Å². The minimum atomic E-state index is -4.91. The zero-order valence-corrected chi connectivity index (χ0v) is 14.3. The molecule has 146 valence electrons. The van der Waals surface area contributed by atoms with Crippen molar-refractivity contribution in [3.63, 3.8) is 0 Å². The minimum absolute atomic E-state index is 0.0670. The summed E-state index contributed by atoms with van der Waals surface area (Å²) in [5, 5.41) is 0. The molecule has 0 bridgehead atoms. The molecule has 0 spiro atoms. The molecule has 1 aliphatic rings. The summed E-state index contributed by atoms with van der Waals surface area (Å²) in [6.07, 6.45) is -9.34. The van der Waals surface area contributed by atoms with E-state index in [0.29, 0.717) is 38.3 Å². The van der Waals surface area contributed by atoms with E-state index in [-0.39, 0.29) is 11.6 Å². The lowest BCUT2D eigenvalue weighted by molar-refractivity contribution is -0.143. The van der Waals surface area contributed by atoms with Crippen LogP contribution in [0, 0.1) is 0 Å². The van der Waals surface area contributed by atoms with Gasteiger partial charge in [0, 0.05) is 26.2 Å². The third kappa shape index (κ3) is 5.36. The summed E-state index contributed by atoms with van der Waals surface area (Å²) in [7, 11) is 0. The maximum absolute atomic E-state index is 12.9. The summed E-state index contributed by atoms with van der Waals surface area (Å²) in [5.41, 5.74) is -3.08. The first-order valence-electron chi connectivity index (χ1n) is 8.29. The number of alkyl halides is 6. The number of benzene rings is 1. The molecular formula is C17H20F6N2O. The van der Waals surface area contributed by atoms with E-state index in [4.69, 9.17) is 0 Å². The maximum atomic E-state index is 12.9. The topological polar surface area (TPSA) is 23.6 Å². The van der Waals surface area contributed by atoms with Gasteiger partial charge in [-0.15, -0.1) is 0 Å². The van der Waals surface area contributed by atoms with Gasteiger partial charge in [0.15, 0.2) is 0 Å². The van der Waals surface area contributed by atoms with Crippen LogP contribution in [0.1, 0.15) is 30.0 Å². The summed E-state index contributed by atoms with van der Waals surface area (Å²) in [6, 6.07) is 1.29. The summed E-state index contributed by atoms with van der Waals surface area (Å²) >= 11 is 0. The molecule has 1 aromatic carbocycles. The molecule has 0 aromatic heterocycles. The highest BCUT2D eigenvalue weighted by Crippen LogP contribution is 2.36. The Bertz CT molecular complexity index is 601. The Morgan fingerprint density at radius 1 is 0.923 bits per heavy atom. The van der Waals surface area contributed by atoms with Gasteiger partial charge < -0.3 is 4.90 Å². The van der Waals surface area contributed by atoms with Crippen LogP contribution in [0.5, 0.6) is 0 Å². The van der Waals surface area contributed by atoms with Crippen molar-refractivity contribution in [1.82, 2.24) is 9.80 Å². The Kier molecular flexibility index (Phi) is 6.21. The van der Waals surface area contributed by atoms with Crippen LogP contribution in [0.2, 0.25) is 0 Å². The van der Waals surface area contributed by atoms with Crippen LogP contribution in [0.3, 0.4) is 0 Å². The van der Waals surface area contributed by atoms with E-state index in [1.165, 1.54) is 4.90 Å². The Hall–Kier alpha value is -1.77. The fraction of sp³-hybridized carbons (Fsp3) is 0.588. The first-order chi connectivity index (χ1) is 12.0. The Morgan fingerprint density at radius 3 is 1.85 bits per heavy atom. The van der Waals surface area contributed by atoms with Crippen molar-refractivity contribution in [1.29, 1.82) is 0 Å². The lowest BCUT2D eigenvalue weighted by Crippen LogP contribution is -2.49. The Balaban J connectivity index is 2.14. The Labute approximate surface area is 147 Å². The Morgan fingerprint density at radius 2 is 1.42 bits per heavy atom. The minimum Gasteiger partial charge on any atom is -0.340 e. The molecular weight excluding hydrogens is 362 g/mol. The van der Waals surface area contributed by atoms with Gasteiger partial charge in [0.05, 0.1) is 17.5 Å². The van der Waals surface area contributed by atoms with Crippen LogP contribution in [-0.4, -0.2) is 48.4 Å². The molecule has 1 saturated heterocycles. The molecule has 0 saturated carbocycles. The van der Waals surface area contributed by atoms with Crippen LogP contribution in [0.15, 0.2) is 18.2 Å². The molecule has 0 aliphatic carbocycles. The van der Waals surface area contributed by atoms with E-state index < -0.39 is 35.8 Å². The van der Waals surface area contributed by atoms with E-state index in [1.807, 2.05) is 6.92 Å². The molecule has 26 heavy (non-hydrogen) atoms. The monoisotopic (exact) mass is 382 g/mol. The summed E-state index contributed by atoms with van der Waals surface area (Å²) in [6.45, 7) is 5.06. The third-order valence-corrected chi connectivity index (χ3v) is 4.27. The first-order valence-corrected chi connectivity index (χ1v) is 8.29. The van der Waals surface area contributed by atoms with Crippen molar-refractivity contribution in [3.05, 3.63) is 34.9 Å². The molecule has 0 atom stereocenters. The number of carbonyl (C=O) groups excluding carboxylic acids is 1. The van der Waals surface area contributed by atoms with E-state index in [0.717, 1.165) is 13.0 Å². The molecule has 0 unspecified atom stereocenters. The standard InChI is InChI=1S/C17H20F6N2O/c1-2-3-24-4-6-25(7-5-24)15(26)10-12-8-13(16(18,19)20)11-14(9-12)17(21,22)23/h8-9,11H,2-7,10H2,1H3. The first kappa shape index (κ1) is 20.5. The van der Waals surface area contributed by atoms with Crippen LogP contribution in [0.25, 0.3) is 0 Å². The number of nitrogens with zero attached hydrogens (tertiary/aromatic N) is 2. The predicted octanol–water partition coefficient (Wildman–Crippen LogP) is 3.82. The lowest BCUT2D eigenvalue weighted by Gasteiger charge is -2.34. The second-order valence-electron chi connectivity index (χ2n) is 6.31. The number of piperazine rings is 1. The molecule has 1 fully saturated rings. The molecule has 2 rings (SSSR count). The SMILES string of the molecule is CCCN1CCN(C(=O)Cc2cc(C(F)(F)F)cc(C(F)(F)F)c2)CC1. The van der Waals surface area contributed by atoms with Crippen molar-refractivity contribution in [3.8, 4) is 0 Å². The number of carbonyl (C=O) groups is 1. The molecule has 0 N–H and O–H groups in total. The van der Waals surface area contributed by atoms with Crippen LogP contribution < -0.4 is 0 Å². The molecule has 9 heteroatoms. The van der Waals surface area contributed by atoms with E-state index >= 15 is 0 Å². The largest absolute Gasteiger partial charge is 0.416 e. The van der Waals surface area contributed by atoms with Gasteiger partial charge in [-0.05, 0) is 36.7 Å². The zero-order chi connectivity index (χ0) is 19.5. The smallest absolute Gasteiger partial charge is 0.340 e. The van der Waals surface area contributed by atoms with Gasteiger partial charge in [-0.25, -0.2) is 0 Å². The fourth-order valence-electron chi connectivity index (χ4n) is 2.94. The normalized spacial score (nSPS) is 16.8. The number of rotatable bonds is 4. The van der Waals surface area contributed by atoms with Crippen LogP contribution in [-0.2, 0) is 23.6 Å². The van der Waals surface area contributed by atoms with Gasteiger partial charge >= 0.3 is 12.4 Å². The second kappa shape index (κ2) is 7.85. The average Bonchev–Trinajstić information content (AvgIpc) is 2.54. The van der Waals surface area contributed by atoms with Gasteiger partial charge in [-0.3, -0.25) is 9.69 Å². The molecule has 3 nitrogen and oxygen atoms in total. The van der Waals surface area contributed by atoms with Crippen molar-refractivity contribution in [2.24, 2.45) is 0 Å². The quantitative estimate of drug-likeness (QED) is 0.740. The van der Waals surface area contributed by atoms with Crippen molar-refractivity contribution < 1.29 is 31.1 Å². The maximum Gasteiger partial charge on any atom is 0.416 e. The van der Waals surface area contributed by atoms with Gasteiger partial charge in [0.2, 0.25) is 5.91 Å². The molecule has 1 heterocycles.